The highest BCUT2D eigenvalue weighted by atomic mass is 35.5. The van der Waals surface area contributed by atoms with E-state index in [-0.39, 0.29) is 11.3 Å². The van der Waals surface area contributed by atoms with E-state index in [1.54, 1.807) is 36.4 Å². The first-order valence-corrected chi connectivity index (χ1v) is 10.6. The first-order valence-electron chi connectivity index (χ1n) is 9.47. The molecule has 0 saturated carbocycles. The second-order valence-electron chi connectivity index (χ2n) is 7.13. The fraction of sp³-hybridized carbons (Fsp3) is 0.208. The van der Waals surface area contributed by atoms with Crippen LogP contribution in [0.4, 0.5) is 0 Å². The van der Waals surface area contributed by atoms with E-state index in [0.717, 1.165) is 11.3 Å². The molecule has 162 valence electrons. The number of halogens is 3. The number of aromatic nitrogens is 1. The molecule has 0 radical (unpaired) electrons. The molecular formula is C24H22Cl3NO3. The van der Waals surface area contributed by atoms with Crippen LogP contribution in [0.25, 0.3) is 11.8 Å². The third kappa shape index (κ3) is 4.62. The summed E-state index contributed by atoms with van der Waals surface area (Å²) in [6.45, 7) is 4.01. The number of carbonyl (C=O) groups is 1. The van der Waals surface area contributed by atoms with Crippen LogP contribution in [0.2, 0.25) is 5.02 Å². The van der Waals surface area contributed by atoms with Crippen LogP contribution >= 0.6 is 34.8 Å². The number of alkyl halides is 2. The third-order valence-electron chi connectivity index (χ3n) is 4.71. The second kappa shape index (κ2) is 9.39. The maximum atomic E-state index is 13.5. The van der Waals surface area contributed by atoms with Crippen LogP contribution in [0.3, 0.4) is 0 Å². The van der Waals surface area contributed by atoms with E-state index in [1.165, 1.54) is 14.2 Å². The molecule has 0 atom stereocenters. The molecule has 0 aliphatic heterocycles. The monoisotopic (exact) mass is 477 g/mol. The summed E-state index contributed by atoms with van der Waals surface area (Å²) in [6.07, 6.45) is 3.90. The van der Waals surface area contributed by atoms with E-state index in [4.69, 9.17) is 44.3 Å². The van der Waals surface area contributed by atoms with Crippen molar-refractivity contribution in [1.82, 2.24) is 4.57 Å². The molecule has 31 heavy (non-hydrogen) atoms. The number of ether oxygens (including phenoxy) is 2. The Morgan fingerprint density at radius 1 is 1.03 bits per heavy atom. The lowest BCUT2D eigenvalue weighted by atomic mass is 9.99. The van der Waals surface area contributed by atoms with Gasteiger partial charge in [0.1, 0.15) is 0 Å². The smallest absolute Gasteiger partial charge is 0.207 e. The van der Waals surface area contributed by atoms with Gasteiger partial charge in [-0.15, -0.1) is 0 Å². The van der Waals surface area contributed by atoms with Gasteiger partial charge in [-0.1, -0.05) is 46.4 Å². The number of para-hydroxylation sites is 1. The topological polar surface area (TPSA) is 40.5 Å². The lowest BCUT2D eigenvalue weighted by Gasteiger charge is -2.24. The van der Waals surface area contributed by atoms with Crippen molar-refractivity contribution in [3.05, 3.63) is 82.1 Å². The van der Waals surface area contributed by atoms with Crippen molar-refractivity contribution in [2.24, 2.45) is 0 Å². The molecule has 0 spiro atoms. The van der Waals surface area contributed by atoms with Gasteiger partial charge in [0.25, 0.3) is 0 Å². The SMILES string of the molecule is COc1cccc(C(=O)C(Cl)(Cl)c2cc(Cl)ccc2-n2cccc2C=C(C)C)c1OC. The molecule has 7 heteroatoms. The molecule has 3 aromatic rings. The fourth-order valence-corrected chi connectivity index (χ4v) is 4.03. The quantitative estimate of drug-likeness (QED) is 0.269. The van der Waals surface area contributed by atoms with Crippen molar-refractivity contribution in [2.75, 3.05) is 14.2 Å². The Morgan fingerprint density at radius 3 is 2.42 bits per heavy atom. The Bertz CT molecular complexity index is 1140. The summed E-state index contributed by atoms with van der Waals surface area (Å²) in [5, 5.41) is 0.408. The van der Waals surface area contributed by atoms with Gasteiger partial charge in [0.2, 0.25) is 10.1 Å². The second-order valence-corrected chi connectivity index (χ2v) is 8.89. The number of nitrogens with zero attached hydrogens (tertiary/aromatic N) is 1. The molecule has 3 rings (SSSR count). The summed E-state index contributed by atoms with van der Waals surface area (Å²) >= 11 is 19.8. The van der Waals surface area contributed by atoms with Crippen LogP contribution < -0.4 is 9.47 Å². The minimum Gasteiger partial charge on any atom is -0.493 e. The first-order chi connectivity index (χ1) is 14.7. The summed E-state index contributed by atoms with van der Waals surface area (Å²) in [6, 6.07) is 14.0. The van der Waals surface area contributed by atoms with E-state index >= 15 is 0 Å². The molecule has 0 aliphatic rings. The molecule has 1 heterocycles. The van der Waals surface area contributed by atoms with Gasteiger partial charge in [0.05, 0.1) is 25.5 Å². The minimum atomic E-state index is -1.94. The fourth-order valence-electron chi connectivity index (χ4n) is 3.35. The standard InChI is InChI=1S/C24H22Cl3NO3/c1-15(2)13-17-7-6-12-28(17)20-11-10-16(25)14-19(20)24(26,27)23(29)18-8-5-9-21(30-3)22(18)31-4/h5-14H,1-4H3. The lowest BCUT2D eigenvalue weighted by Crippen LogP contribution is -2.26. The van der Waals surface area contributed by atoms with Crippen LogP contribution in [0.1, 0.15) is 35.5 Å². The van der Waals surface area contributed by atoms with Crippen LogP contribution in [0.5, 0.6) is 11.5 Å². The number of carbonyl (C=O) groups excluding carboxylic acids is 1. The minimum absolute atomic E-state index is 0.204. The predicted octanol–water partition coefficient (Wildman–Crippen LogP) is 7.08. The normalized spacial score (nSPS) is 11.2. The largest absolute Gasteiger partial charge is 0.493 e. The average molecular weight is 479 g/mol. The molecule has 0 saturated heterocycles. The first kappa shape index (κ1) is 23.3. The van der Waals surface area contributed by atoms with Crippen molar-refractivity contribution in [2.45, 2.75) is 18.2 Å². The van der Waals surface area contributed by atoms with Crippen molar-refractivity contribution < 1.29 is 14.3 Å². The average Bonchev–Trinajstić information content (AvgIpc) is 3.19. The highest BCUT2D eigenvalue weighted by molar-refractivity contribution is 6.59. The van der Waals surface area contributed by atoms with Gasteiger partial charge in [-0.2, -0.15) is 0 Å². The number of allylic oxidation sites excluding steroid dienone is 1. The van der Waals surface area contributed by atoms with E-state index in [1.807, 2.05) is 42.8 Å². The van der Waals surface area contributed by atoms with E-state index < -0.39 is 10.1 Å². The van der Waals surface area contributed by atoms with E-state index in [2.05, 4.69) is 0 Å². The number of Topliss-reactive ketones (excluding diaryl/α,β-unsaturated/α-hetero) is 1. The number of rotatable bonds is 7. The number of benzene rings is 2. The van der Waals surface area contributed by atoms with Gasteiger partial charge in [-0.25, -0.2) is 0 Å². The molecule has 0 bridgehead atoms. The van der Waals surface area contributed by atoms with Gasteiger partial charge in [0.15, 0.2) is 11.5 Å². The van der Waals surface area contributed by atoms with E-state index in [9.17, 15) is 4.79 Å². The zero-order valence-corrected chi connectivity index (χ0v) is 19.8. The summed E-state index contributed by atoms with van der Waals surface area (Å²) in [7, 11) is 2.95. The summed E-state index contributed by atoms with van der Waals surface area (Å²) < 4.78 is 10.7. The van der Waals surface area contributed by atoms with Gasteiger partial charge in [0, 0.05) is 22.5 Å². The Labute approximate surface area is 196 Å². The van der Waals surface area contributed by atoms with Crippen LogP contribution in [-0.2, 0) is 4.33 Å². The van der Waals surface area contributed by atoms with E-state index in [0.29, 0.717) is 22.0 Å². The Balaban J connectivity index is 2.19. The molecule has 0 amide bonds. The summed E-state index contributed by atoms with van der Waals surface area (Å²) in [5.41, 5.74) is 3.24. The van der Waals surface area contributed by atoms with Gasteiger partial charge < -0.3 is 14.0 Å². The maximum Gasteiger partial charge on any atom is 0.207 e. The van der Waals surface area contributed by atoms with Crippen LogP contribution in [-0.4, -0.2) is 24.6 Å². The summed E-state index contributed by atoms with van der Waals surface area (Å²) in [4.78, 5) is 13.5. The Hall–Kier alpha value is -2.40. The van der Waals surface area contributed by atoms with Crippen molar-refractivity contribution in [3.8, 4) is 17.2 Å². The van der Waals surface area contributed by atoms with Gasteiger partial charge in [-0.3, -0.25) is 4.79 Å². The zero-order chi connectivity index (χ0) is 22.8. The molecule has 0 aliphatic carbocycles. The Kier molecular flexibility index (Phi) is 7.05. The molecule has 2 aromatic carbocycles. The zero-order valence-electron chi connectivity index (χ0n) is 17.6. The summed E-state index contributed by atoms with van der Waals surface area (Å²) in [5.74, 6) is 0.113. The lowest BCUT2D eigenvalue weighted by molar-refractivity contribution is 0.0968. The van der Waals surface area contributed by atoms with Crippen LogP contribution in [0.15, 0.2) is 60.3 Å². The predicted molar refractivity (Wildman–Crippen MR) is 127 cm³/mol. The molecule has 0 N–H and O–H groups in total. The van der Waals surface area contributed by atoms with Crippen LogP contribution in [0, 0.1) is 0 Å². The molecule has 1 aromatic heterocycles. The van der Waals surface area contributed by atoms with Gasteiger partial charge in [-0.05, 0) is 62.4 Å². The van der Waals surface area contributed by atoms with Gasteiger partial charge >= 0.3 is 0 Å². The van der Waals surface area contributed by atoms with Crippen molar-refractivity contribution in [1.29, 1.82) is 0 Å². The molecule has 0 fully saturated rings. The number of hydrogen-bond donors (Lipinski definition) is 0. The molecule has 4 nitrogen and oxygen atoms in total. The van der Waals surface area contributed by atoms with Crippen molar-refractivity contribution in [3.63, 3.8) is 0 Å². The molecular weight excluding hydrogens is 457 g/mol. The number of hydrogen-bond acceptors (Lipinski definition) is 3. The third-order valence-corrected chi connectivity index (χ3v) is 5.69. The molecule has 0 unspecified atom stereocenters. The highest BCUT2D eigenvalue weighted by Gasteiger charge is 2.41. The number of methoxy groups -OCH3 is 2. The Morgan fingerprint density at radius 2 is 1.77 bits per heavy atom. The van der Waals surface area contributed by atoms with Crippen molar-refractivity contribution >= 4 is 46.7 Å². The number of ketones is 1. The maximum absolute atomic E-state index is 13.5. The highest BCUT2D eigenvalue weighted by Crippen LogP contribution is 2.44.